The zero-order valence-electron chi connectivity index (χ0n) is 18.9. The molecule has 32 heavy (non-hydrogen) atoms. The summed E-state index contributed by atoms with van der Waals surface area (Å²) in [6, 6.07) is 18.9. The fourth-order valence-corrected chi connectivity index (χ4v) is 3.66. The van der Waals surface area contributed by atoms with E-state index in [1.807, 2.05) is 0 Å². The normalized spacial score (nSPS) is 14.3. The van der Waals surface area contributed by atoms with Crippen LogP contribution in [0.1, 0.15) is 45.4 Å². The van der Waals surface area contributed by atoms with Gasteiger partial charge in [-0.2, -0.15) is 0 Å². The van der Waals surface area contributed by atoms with E-state index in [1.165, 1.54) is 62.9 Å². The molecular weight excluding hydrogens is 406 g/mol. The highest BCUT2D eigenvalue weighted by atomic mass is 16.5. The standard InChI is InChI=1S/C24H33NO.C2H2O4/c1-21-14-17-25(18-15-21)16-7-2-3-8-19-26-24-13-9-12-23(20-24)22-10-5-4-6-11-22;3-1(4)2(5)6/h4-6,9-13,20-21H,2-3,7-8,14-19H2,1H3;(H,3,4)(H,5,6). The number of carboxylic acids is 2. The van der Waals surface area contributed by atoms with E-state index in [0.29, 0.717) is 0 Å². The highest BCUT2D eigenvalue weighted by Gasteiger charge is 2.14. The molecule has 0 atom stereocenters. The first kappa shape index (κ1) is 25.4. The van der Waals surface area contributed by atoms with Crippen molar-refractivity contribution in [1.29, 1.82) is 0 Å². The SMILES string of the molecule is CC1CCN(CCCCCCOc2cccc(-c3ccccc3)c2)CC1.O=C(O)C(=O)O. The van der Waals surface area contributed by atoms with Crippen molar-refractivity contribution in [1.82, 2.24) is 4.90 Å². The number of piperidine rings is 1. The van der Waals surface area contributed by atoms with Gasteiger partial charge in [-0.15, -0.1) is 0 Å². The Labute approximate surface area is 190 Å². The van der Waals surface area contributed by atoms with E-state index < -0.39 is 11.9 Å². The lowest BCUT2D eigenvalue weighted by atomic mass is 9.99. The number of unbranched alkanes of at least 4 members (excludes halogenated alkanes) is 3. The fraction of sp³-hybridized carbons (Fsp3) is 0.462. The van der Waals surface area contributed by atoms with Crippen LogP contribution in [0.15, 0.2) is 54.6 Å². The predicted molar refractivity (Wildman–Crippen MR) is 126 cm³/mol. The number of rotatable bonds is 9. The smallest absolute Gasteiger partial charge is 0.414 e. The summed E-state index contributed by atoms with van der Waals surface area (Å²) in [6.07, 6.45) is 7.83. The van der Waals surface area contributed by atoms with Gasteiger partial charge in [-0.1, -0.05) is 62.2 Å². The van der Waals surface area contributed by atoms with Gasteiger partial charge in [0.15, 0.2) is 0 Å². The molecule has 1 saturated heterocycles. The van der Waals surface area contributed by atoms with E-state index in [9.17, 15) is 0 Å². The molecule has 0 unspecified atom stereocenters. The van der Waals surface area contributed by atoms with Crippen molar-refractivity contribution in [2.45, 2.75) is 45.4 Å². The second-order valence-electron chi connectivity index (χ2n) is 8.29. The quantitative estimate of drug-likeness (QED) is 0.412. The summed E-state index contributed by atoms with van der Waals surface area (Å²) in [7, 11) is 0. The van der Waals surface area contributed by atoms with Crippen LogP contribution in [0, 0.1) is 5.92 Å². The Morgan fingerprint density at radius 1 is 0.875 bits per heavy atom. The maximum Gasteiger partial charge on any atom is 0.414 e. The third-order valence-corrected chi connectivity index (χ3v) is 5.64. The Balaban J connectivity index is 0.000000534. The van der Waals surface area contributed by atoms with Crippen molar-refractivity contribution in [2.75, 3.05) is 26.2 Å². The average Bonchev–Trinajstić information content (AvgIpc) is 2.81. The van der Waals surface area contributed by atoms with Crippen LogP contribution in [0.5, 0.6) is 5.75 Å². The summed E-state index contributed by atoms with van der Waals surface area (Å²) in [5, 5.41) is 14.8. The predicted octanol–water partition coefficient (Wildman–Crippen LogP) is 5.18. The first-order valence-corrected chi connectivity index (χ1v) is 11.4. The molecule has 1 heterocycles. The summed E-state index contributed by atoms with van der Waals surface area (Å²) < 4.78 is 5.97. The highest BCUT2D eigenvalue weighted by Crippen LogP contribution is 2.23. The Kier molecular flexibility index (Phi) is 11.3. The topological polar surface area (TPSA) is 87.1 Å². The molecule has 0 radical (unpaired) electrons. The molecule has 0 spiro atoms. The number of carbonyl (C=O) groups is 2. The van der Waals surface area contributed by atoms with Crippen molar-refractivity contribution < 1.29 is 24.5 Å². The number of benzene rings is 2. The molecule has 1 fully saturated rings. The molecule has 6 nitrogen and oxygen atoms in total. The van der Waals surface area contributed by atoms with Crippen LogP contribution in [0.4, 0.5) is 0 Å². The number of nitrogens with zero attached hydrogens (tertiary/aromatic N) is 1. The van der Waals surface area contributed by atoms with Gasteiger partial charge in [-0.05, 0) is 74.5 Å². The maximum absolute atomic E-state index is 9.10. The summed E-state index contributed by atoms with van der Waals surface area (Å²) in [5.74, 6) is -1.73. The number of carboxylic acid groups (broad SMARTS) is 2. The van der Waals surface area contributed by atoms with E-state index in [2.05, 4.69) is 66.4 Å². The average molecular weight is 442 g/mol. The van der Waals surface area contributed by atoms with Gasteiger partial charge in [0.1, 0.15) is 5.75 Å². The van der Waals surface area contributed by atoms with Gasteiger partial charge in [-0.25, -0.2) is 9.59 Å². The zero-order valence-corrected chi connectivity index (χ0v) is 18.9. The van der Waals surface area contributed by atoms with Crippen LogP contribution in [-0.2, 0) is 9.59 Å². The molecule has 3 rings (SSSR count). The molecule has 6 heteroatoms. The second-order valence-corrected chi connectivity index (χ2v) is 8.29. The largest absolute Gasteiger partial charge is 0.494 e. The number of aliphatic carboxylic acids is 2. The summed E-state index contributed by atoms with van der Waals surface area (Å²) in [5.41, 5.74) is 2.46. The van der Waals surface area contributed by atoms with Crippen molar-refractivity contribution in [3.8, 4) is 16.9 Å². The first-order valence-electron chi connectivity index (χ1n) is 11.4. The summed E-state index contributed by atoms with van der Waals surface area (Å²) in [6.45, 7) is 7.10. The number of likely N-dealkylation sites (tertiary alicyclic amines) is 1. The first-order chi connectivity index (χ1) is 15.5. The Hall–Kier alpha value is -2.86. The monoisotopic (exact) mass is 441 g/mol. The van der Waals surface area contributed by atoms with Gasteiger partial charge in [0.2, 0.25) is 0 Å². The second kappa shape index (κ2) is 14.2. The minimum atomic E-state index is -1.82. The van der Waals surface area contributed by atoms with Crippen LogP contribution in [0.25, 0.3) is 11.1 Å². The van der Waals surface area contributed by atoms with Crippen LogP contribution in [0.3, 0.4) is 0 Å². The minimum absolute atomic E-state index is 0.819. The van der Waals surface area contributed by atoms with E-state index in [0.717, 1.165) is 24.7 Å². The van der Waals surface area contributed by atoms with Crippen molar-refractivity contribution in [3.63, 3.8) is 0 Å². The van der Waals surface area contributed by atoms with Crippen LogP contribution >= 0.6 is 0 Å². The molecule has 2 aromatic rings. The molecule has 2 aromatic carbocycles. The van der Waals surface area contributed by atoms with Crippen LogP contribution in [-0.4, -0.2) is 53.3 Å². The lowest BCUT2D eigenvalue weighted by Gasteiger charge is -2.30. The van der Waals surface area contributed by atoms with E-state index >= 15 is 0 Å². The molecule has 174 valence electrons. The lowest BCUT2D eigenvalue weighted by molar-refractivity contribution is -0.159. The van der Waals surface area contributed by atoms with E-state index in [4.69, 9.17) is 24.5 Å². The summed E-state index contributed by atoms with van der Waals surface area (Å²) >= 11 is 0. The van der Waals surface area contributed by atoms with E-state index in [1.54, 1.807) is 0 Å². The highest BCUT2D eigenvalue weighted by molar-refractivity contribution is 6.27. The summed E-state index contributed by atoms with van der Waals surface area (Å²) in [4.78, 5) is 20.8. The zero-order chi connectivity index (χ0) is 23.2. The molecule has 0 aromatic heterocycles. The molecule has 1 aliphatic heterocycles. The lowest BCUT2D eigenvalue weighted by Crippen LogP contribution is -2.33. The van der Waals surface area contributed by atoms with Gasteiger partial charge in [0.25, 0.3) is 0 Å². The fourth-order valence-electron chi connectivity index (χ4n) is 3.66. The van der Waals surface area contributed by atoms with Crippen molar-refractivity contribution in [2.24, 2.45) is 5.92 Å². The molecule has 1 aliphatic rings. The molecule has 2 N–H and O–H groups in total. The van der Waals surface area contributed by atoms with Crippen LogP contribution < -0.4 is 4.74 Å². The number of hydrogen-bond donors (Lipinski definition) is 2. The Bertz CT molecular complexity index is 804. The van der Waals surface area contributed by atoms with Gasteiger partial charge in [-0.3, -0.25) is 0 Å². The molecule has 0 aliphatic carbocycles. The molecule has 0 bridgehead atoms. The van der Waals surface area contributed by atoms with Gasteiger partial charge in [0.05, 0.1) is 6.61 Å². The third kappa shape index (κ3) is 9.96. The maximum atomic E-state index is 9.10. The van der Waals surface area contributed by atoms with E-state index in [-0.39, 0.29) is 0 Å². The van der Waals surface area contributed by atoms with Gasteiger partial charge in [0, 0.05) is 0 Å². The molecular formula is C26H35NO5. The van der Waals surface area contributed by atoms with Crippen LogP contribution in [0.2, 0.25) is 0 Å². The number of ether oxygens (including phenoxy) is 1. The Morgan fingerprint density at radius 3 is 2.16 bits per heavy atom. The third-order valence-electron chi connectivity index (χ3n) is 5.64. The van der Waals surface area contributed by atoms with Crippen molar-refractivity contribution >= 4 is 11.9 Å². The Morgan fingerprint density at radius 2 is 1.50 bits per heavy atom. The minimum Gasteiger partial charge on any atom is -0.494 e. The molecule has 0 saturated carbocycles. The van der Waals surface area contributed by atoms with Gasteiger partial charge >= 0.3 is 11.9 Å². The van der Waals surface area contributed by atoms with Crippen molar-refractivity contribution in [3.05, 3.63) is 54.6 Å². The number of hydrogen-bond acceptors (Lipinski definition) is 4. The molecule has 0 amide bonds. The van der Waals surface area contributed by atoms with Gasteiger partial charge < -0.3 is 19.8 Å².